The van der Waals surface area contributed by atoms with E-state index in [0.717, 1.165) is 0 Å². The second kappa shape index (κ2) is 4.02. The maximum atomic E-state index is 13.4. The molecule has 0 saturated heterocycles. The van der Waals surface area contributed by atoms with Gasteiger partial charge in [-0.05, 0) is 18.2 Å². The lowest BCUT2D eigenvalue weighted by molar-refractivity contribution is 0.599. The fourth-order valence-corrected chi connectivity index (χ4v) is 1.94. The normalized spacial score (nSPS) is 11.1. The number of halogens is 1. The number of nitriles is 1. The maximum Gasteiger partial charge on any atom is 0.138 e. The van der Waals surface area contributed by atoms with E-state index < -0.39 is 0 Å². The molecule has 0 aromatic heterocycles. The molecule has 1 aromatic rings. The molecule has 0 N–H and O–H groups in total. The number of nitrogens with zero attached hydrogens (tertiary/aromatic N) is 1. The van der Waals surface area contributed by atoms with Crippen LogP contribution in [0.5, 0.6) is 0 Å². The first-order valence-electron chi connectivity index (χ1n) is 4.31. The molecule has 3 heteroatoms. The highest BCUT2D eigenvalue weighted by Gasteiger charge is 2.15. The number of rotatable bonds is 1. The highest BCUT2D eigenvalue weighted by molar-refractivity contribution is 8.00. The predicted octanol–water partition coefficient (Wildman–Crippen LogP) is 3.59. The monoisotopic (exact) mass is 209 g/mol. The van der Waals surface area contributed by atoms with E-state index in [1.165, 1.54) is 17.8 Å². The molecule has 1 aromatic carbocycles. The van der Waals surface area contributed by atoms with Crippen molar-refractivity contribution in [2.24, 2.45) is 0 Å². The first kappa shape index (κ1) is 11.1. The summed E-state index contributed by atoms with van der Waals surface area (Å²) in [7, 11) is 0. The van der Waals surface area contributed by atoms with Crippen molar-refractivity contribution in [1.29, 1.82) is 5.26 Å². The largest absolute Gasteiger partial charge is 0.206 e. The first-order valence-corrected chi connectivity index (χ1v) is 5.13. The van der Waals surface area contributed by atoms with Gasteiger partial charge in [-0.25, -0.2) is 4.39 Å². The molecular formula is C11H12FNS. The molecule has 0 unspecified atom stereocenters. The molecule has 0 spiro atoms. The van der Waals surface area contributed by atoms with Crippen molar-refractivity contribution in [2.45, 2.75) is 30.4 Å². The standard InChI is InChI=1S/C11H12FNS/c1-11(2,3)14-10-5-4-8(7-13)6-9(10)12/h4-6H,1-3H3. The molecule has 0 atom stereocenters. The second-order valence-electron chi connectivity index (χ2n) is 3.97. The number of hydrogen-bond donors (Lipinski definition) is 0. The molecule has 14 heavy (non-hydrogen) atoms. The summed E-state index contributed by atoms with van der Waals surface area (Å²) in [5.41, 5.74) is 0.362. The fourth-order valence-electron chi connectivity index (χ4n) is 0.983. The van der Waals surface area contributed by atoms with Gasteiger partial charge in [0, 0.05) is 9.64 Å². The fraction of sp³-hybridized carbons (Fsp3) is 0.364. The number of thioether (sulfide) groups is 1. The van der Waals surface area contributed by atoms with Crippen LogP contribution in [0.3, 0.4) is 0 Å². The summed E-state index contributed by atoms with van der Waals surface area (Å²) in [6.45, 7) is 6.07. The Balaban J connectivity index is 2.97. The van der Waals surface area contributed by atoms with Crippen LogP contribution in [0.4, 0.5) is 4.39 Å². The predicted molar refractivity (Wildman–Crippen MR) is 56.7 cm³/mol. The zero-order chi connectivity index (χ0) is 10.8. The maximum absolute atomic E-state index is 13.4. The minimum atomic E-state index is -0.316. The quantitative estimate of drug-likeness (QED) is 0.660. The molecule has 0 bridgehead atoms. The Labute approximate surface area is 87.9 Å². The van der Waals surface area contributed by atoms with Crippen molar-refractivity contribution in [1.82, 2.24) is 0 Å². The number of benzene rings is 1. The Hall–Kier alpha value is -1.01. The van der Waals surface area contributed by atoms with Gasteiger partial charge < -0.3 is 0 Å². The zero-order valence-corrected chi connectivity index (χ0v) is 9.28. The van der Waals surface area contributed by atoms with Crippen molar-refractivity contribution in [3.8, 4) is 6.07 Å². The topological polar surface area (TPSA) is 23.8 Å². The van der Waals surface area contributed by atoms with Gasteiger partial charge in [0.2, 0.25) is 0 Å². The molecule has 0 aliphatic rings. The van der Waals surface area contributed by atoms with E-state index in [2.05, 4.69) is 0 Å². The minimum Gasteiger partial charge on any atom is -0.206 e. The number of hydrogen-bond acceptors (Lipinski definition) is 2. The Bertz CT molecular complexity index is 374. The van der Waals surface area contributed by atoms with Crippen LogP contribution in [0.1, 0.15) is 26.3 Å². The van der Waals surface area contributed by atoms with Crippen molar-refractivity contribution >= 4 is 11.8 Å². The Morgan fingerprint density at radius 1 is 1.36 bits per heavy atom. The van der Waals surface area contributed by atoms with Crippen LogP contribution in [-0.2, 0) is 0 Å². The van der Waals surface area contributed by atoms with E-state index in [-0.39, 0.29) is 10.6 Å². The second-order valence-corrected chi connectivity index (χ2v) is 5.84. The van der Waals surface area contributed by atoms with E-state index in [1.807, 2.05) is 26.8 Å². The van der Waals surface area contributed by atoms with Crippen LogP contribution in [-0.4, -0.2) is 4.75 Å². The van der Waals surface area contributed by atoms with Crippen molar-refractivity contribution in [2.75, 3.05) is 0 Å². The Morgan fingerprint density at radius 2 is 2.00 bits per heavy atom. The van der Waals surface area contributed by atoms with Gasteiger partial charge in [-0.15, -0.1) is 11.8 Å². The van der Waals surface area contributed by atoms with Crippen molar-refractivity contribution < 1.29 is 4.39 Å². The molecule has 1 nitrogen and oxygen atoms in total. The van der Waals surface area contributed by atoms with Gasteiger partial charge in [-0.2, -0.15) is 5.26 Å². The molecule has 0 amide bonds. The van der Waals surface area contributed by atoms with E-state index in [9.17, 15) is 4.39 Å². The Morgan fingerprint density at radius 3 is 2.43 bits per heavy atom. The van der Waals surface area contributed by atoms with E-state index in [1.54, 1.807) is 12.1 Å². The lowest BCUT2D eigenvalue weighted by Crippen LogP contribution is -2.07. The molecule has 0 aliphatic carbocycles. The molecule has 0 fully saturated rings. The zero-order valence-electron chi connectivity index (χ0n) is 8.47. The summed E-state index contributed by atoms with van der Waals surface area (Å²) in [5, 5.41) is 8.56. The van der Waals surface area contributed by atoms with Gasteiger partial charge >= 0.3 is 0 Å². The van der Waals surface area contributed by atoms with Gasteiger partial charge in [-0.1, -0.05) is 20.8 Å². The summed E-state index contributed by atoms with van der Waals surface area (Å²) in [6, 6.07) is 6.47. The SMILES string of the molecule is CC(C)(C)Sc1ccc(C#N)cc1F. The highest BCUT2D eigenvalue weighted by atomic mass is 32.2. The van der Waals surface area contributed by atoms with Crippen LogP contribution >= 0.6 is 11.8 Å². The molecule has 0 saturated carbocycles. The van der Waals surface area contributed by atoms with Gasteiger partial charge in [0.05, 0.1) is 11.6 Å². The molecule has 0 radical (unpaired) electrons. The first-order chi connectivity index (χ1) is 6.42. The highest BCUT2D eigenvalue weighted by Crippen LogP contribution is 2.33. The lowest BCUT2D eigenvalue weighted by Gasteiger charge is -2.17. The summed E-state index contributed by atoms with van der Waals surface area (Å²) in [5.74, 6) is -0.316. The molecule has 1 rings (SSSR count). The van der Waals surface area contributed by atoms with E-state index in [4.69, 9.17) is 5.26 Å². The summed E-state index contributed by atoms with van der Waals surface area (Å²) in [4.78, 5) is 0.594. The smallest absolute Gasteiger partial charge is 0.138 e. The third-order valence-corrected chi connectivity index (χ3v) is 2.64. The summed E-state index contributed by atoms with van der Waals surface area (Å²) in [6.07, 6.45) is 0. The average molecular weight is 209 g/mol. The third-order valence-electron chi connectivity index (χ3n) is 1.48. The van der Waals surface area contributed by atoms with E-state index in [0.29, 0.717) is 10.5 Å². The van der Waals surface area contributed by atoms with Crippen molar-refractivity contribution in [3.63, 3.8) is 0 Å². The molecule has 74 valence electrons. The minimum absolute atomic E-state index is 0.0188. The van der Waals surface area contributed by atoms with Gasteiger partial charge in [0.15, 0.2) is 0 Å². The molecule has 0 heterocycles. The van der Waals surface area contributed by atoms with Gasteiger partial charge in [0.1, 0.15) is 5.82 Å². The molecule has 0 aliphatic heterocycles. The van der Waals surface area contributed by atoms with Gasteiger partial charge in [0.25, 0.3) is 0 Å². The molecular weight excluding hydrogens is 197 g/mol. The van der Waals surface area contributed by atoms with E-state index >= 15 is 0 Å². The summed E-state index contributed by atoms with van der Waals surface area (Å²) < 4.78 is 13.4. The van der Waals surface area contributed by atoms with Crippen LogP contribution in [0.25, 0.3) is 0 Å². The van der Waals surface area contributed by atoms with Crippen molar-refractivity contribution in [3.05, 3.63) is 29.6 Å². The Kier molecular flexibility index (Phi) is 3.17. The van der Waals surface area contributed by atoms with Crippen LogP contribution < -0.4 is 0 Å². The van der Waals surface area contributed by atoms with Crippen LogP contribution in [0.2, 0.25) is 0 Å². The van der Waals surface area contributed by atoms with Gasteiger partial charge in [-0.3, -0.25) is 0 Å². The summed E-state index contributed by atoms with van der Waals surface area (Å²) >= 11 is 1.46. The average Bonchev–Trinajstić information content (AvgIpc) is 2.06. The van der Waals surface area contributed by atoms with Crippen LogP contribution in [0.15, 0.2) is 23.1 Å². The van der Waals surface area contributed by atoms with Crippen LogP contribution in [0, 0.1) is 17.1 Å². The third kappa shape index (κ3) is 3.04. The lowest BCUT2D eigenvalue weighted by atomic mass is 10.2.